The van der Waals surface area contributed by atoms with E-state index in [-0.39, 0.29) is 6.17 Å². The lowest BCUT2D eigenvalue weighted by Crippen LogP contribution is -2.36. The summed E-state index contributed by atoms with van der Waals surface area (Å²) < 4.78 is 0. The molecule has 0 radical (unpaired) electrons. The number of nitrogens with one attached hydrogen (secondary N) is 3. The molecule has 0 bridgehead atoms. The second kappa shape index (κ2) is 9.62. The van der Waals surface area contributed by atoms with E-state index in [1.165, 1.54) is 10.8 Å². The molecule has 2 heterocycles. The summed E-state index contributed by atoms with van der Waals surface area (Å²) in [6, 6.07) is 42.0. The minimum Gasteiger partial charge on any atom is -0.388 e. The Hall–Kier alpha value is -5.16. The SMILES string of the molecule is CNc1cc(C2=NC(c3ccccc3)N=C(c3ccccc3)N2)cc(-c2ccc3c(c2)[nH]c2ccccc23)c1. The number of H-pyrrole nitrogens is 1. The number of hydrogen-bond acceptors (Lipinski definition) is 4. The molecule has 7 rings (SSSR count). The van der Waals surface area contributed by atoms with Crippen molar-refractivity contribution in [2.24, 2.45) is 9.98 Å². The highest BCUT2D eigenvalue weighted by Crippen LogP contribution is 2.32. The zero-order chi connectivity index (χ0) is 26.2. The van der Waals surface area contributed by atoms with Gasteiger partial charge >= 0.3 is 0 Å². The number of hydrogen-bond donors (Lipinski definition) is 3. The molecule has 39 heavy (non-hydrogen) atoms. The molecule has 5 heteroatoms. The third-order valence-corrected chi connectivity index (χ3v) is 7.22. The fraction of sp³-hybridized carbons (Fsp3) is 0.0588. The number of aromatic nitrogens is 1. The monoisotopic (exact) mass is 505 g/mol. The van der Waals surface area contributed by atoms with Crippen LogP contribution in [-0.4, -0.2) is 23.7 Å². The van der Waals surface area contributed by atoms with Crippen LogP contribution in [-0.2, 0) is 0 Å². The third-order valence-electron chi connectivity index (χ3n) is 7.22. The van der Waals surface area contributed by atoms with E-state index in [0.29, 0.717) is 0 Å². The van der Waals surface area contributed by atoms with Gasteiger partial charge in [0.05, 0.1) is 0 Å². The molecule has 0 saturated heterocycles. The molecule has 5 aromatic carbocycles. The van der Waals surface area contributed by atoms with E-state index in [0.717, 1.165) is 56.2 Å². The molecule has 1 aromatic heterocycles. The normalized spacial score (nSPS) is 15.1. The van der Waals surface area contributed by atoms with Crippen LogP contribution in [0.15, 0.2) is 131 Å². The van der Waals surface area contributed by atoms with Crippen molar-refractivity contribution in [1.82, 2.24) is 10.3 Å². The van der Waals surface area contributed by atoms with E-state index in [9.17, 15) is 0 Å². The van der Waals surface area contributed by atoms with Gasteiger partial charge in [0.15, 0.2) is 6.17 Å². The first-order valence-corrected chi connectivity index (χ1v) is 13.1. The van der Waals surface area contributed by atoms with Gasteiger partial charge in [0, 0.05) is 45.7 Å². The molecule has 1 unspecified atom stereocenters. The third kappa shape index (κ3) is 4.34. The first-order chi connectivity index (χ1) is 19.2. The van der Waals surface area contributed by atoms with Gasteiger partial charge in [-0.15, -0.1) is 0 Å². The number of aliphatic imine (C=N–C) groups is 2. The molecule has 188 valence electrons. The topological polar surface area (TPSA) is 64.6 Å². The van der Waals surface area contributed by atoms with Crippen LogP contribution in [0.1, 0.15) is 22.9 Å². The molecule has 0 saturated carbocycles. The Balaban J connectivity index is 1.33. The molecule has 0 fully saturated rings. The van der Waals surface area contributed by atoms with Crippen LogP contribution in [0.4, 0.5) is 5.69 Å². The van der Waals surface area contributed by atoms with E-state index in [1.807, 2.05) is 43.4 Å². The van der Waals surface area contributed by atoms with Crippen LogP contribution >= 0.6 is 0 Å². The van der Waals surface area contributed by atoms with Crippen molar-refractivity contribution in [2.45, 2.75) is 6.17 Å². The fourth-order valence-electron chi connectivity index (χ4n) is 5.22. The van der Waals surface area contributed by atoms with Gasteiger partial charge in [0.25, 0.3) is 0 Å². The van der Waals surface area contributed by atoms with E-state index >= 15 is 0 Å². The Morgan fingerprint density at radius 1 is 0.564 bits per heavy atom. The van der Waals surface area contributed by atoms with Crippen LogP contribution in [0, 0.1) is 0 Å². The molecule has 3 N–H and O–H groups in total. The van der Waals surface area contributed by atoms with Crippen molar-refractivity contribution in [2.75, 3.05) is 12.4 Å². The smallest absolute Gasteiger partial charge is 0.169 e. The van der Waals surface area contributed by atoms with E-state index in [1.54, 1.807) is 0 Å². The number of amidine groups is 2. The predicted octanol–water partition coefficient (Wildman–Crippen LogP) is 7.53. The lowest BCUT2D eigenvalue weighted by atomic mass is 9.99. The summed E-state index contributed by atoms with van der Waals surface area (Å²) in [4.78, 5) is 13.6. The summed E-state index contributed by atoms with van der Waals surface area (Å²) in [6.45, 7) is 0. The largest absolute Gasteiger partial charge is 0.388 e. The predicted molar refractivity (Wildman–Crippen MR) is 163 cm³/mol. The second-order valence-corrected chi connectivity index (χ2v) is 9.71. The van der Waals surface area contributed by atoms with Gasteiger partial charge in [0.1, 0.15) is 11.7 Å². The first kappa shape index (κ1) is 23.0. The molecule has 0 aliphatic carbocycles. The summed E-state index contributed by atoms with van der Waals surface area (Å²) in [7, 11) is 1.95. The zero-order valence-electron chi connectivity index (χ0n) is 21.5. The average molecular weight is 506 g/mol. The van der Waals surface area contributed by atoms with E-state index in [4.69, 9.17) is 9.98 Å². The highest BCUT2D eigenvalue weighted by atomic mass is 15.2. The quantitative estimate of drug-likeness (QED) is 0.227. The van der Waals surface area contributed by atoms with Crippen LogP contribution in [0.3, 0.4) is 0 Å². The lowest BCUT2D eigenvalue weighted by molar-refractivity contribution is 0.756. The number of para-hydroxylation sites is 1. The minimum atomic E-state index is -0.331. The van der Waals surface area contributed by atoms with Crippen molar-refractivity contribution in [1.29, 1.82) is 0 Å². The van der Waals surface area contributed by atoms with Gasteiger partial charge in [-0.1, -0.05) is 91.0 Å². The number of nitrogens with zero attached hydrogens (tertiary/aromatic N) is 2. The molecular formula is C34H27N5. The molecule has 0 spiro atoms. The van der Waals surface area contributed by atoms with Gasteiger partial charge in [-0.05, 0) is 47.0 Å². The Bertz CT molecular complexity index is 1870. The Labute approximate surface area is 227 Å². The van der Waals surface area contributed by atoms with Crippen LogP contribution in [0.25, 0.3) is 32.9 Å². The summed E-state index contributed by atoms with van der Waals surface area (Å²) >= 11 is 0. The maximum atomic E-state index is 5.07. The molecule has 6 aromatic rings. The number of benzene rings is 5. The Morgan fingerprint density at radius 3 is 2.03 bits per heavy atom. The van der Waals surface area contributed by atoms with Crippen molar-refractivity contribution < 1.29 is 0 Å². The Kier molecular flexibility index (Phi) is 5.67. The summed E-state index contributed by atoms with van der Waals surface area (Å²) in [6.07, 6.45) is -0.331. The molecule has 0 amide bonds. The summed E-state index contributed by atoms with van der Waals surface area (Å²) in [5.41, 5.74) is 8.62. The molecular weight excluding hydrogens is 478 g/mol. The maximum absolute atomic E-state index is 5.07. The molecule has 1 aliphatic rings. The summed E-state index contributed by atoms with van der Waals surface area (Å²) in [5.74, 6) is 1.60. The van der Waals surface area contributed by atoms with Gasteiger partial charge in [0.2, 0.25) is 0 Å². The standard InChI is InChI=1S/C34H27N5/c1-35-27-19-25(24-16-17-29-28-14-8-9-15-30(28)36-31(29)21-24)18-26(20-27)34-38-32(22-10-4-2-5-11-22)37-33(39-34)23-12-6-3-7-13-23/h2-21,32,35-36H,1H3,(H,37,38,39). The van der Waals surface area contributed by atoms with Crippen molar-refractivity contribution in [3.05, 3.63) is 138 Å². The number of fused-ring (bicyclic) bond motifs is 3. The number of rotatable bonds is 5. The highest BCUT2D eigenvalue weighted by molar-refractivity contribution is 6.16. The fourth-order valence-corrected chi connectivity index (χ4v) is 5.22. The Morgan fingerprint density at radius 2 is 1.23 bits per heavy atom. The molecule has 1 atom stereocenters. The van der Waals surface area contributed by atoms with Gasteiger partial charge in [-0.25, -0.2) is 9.98 Å². The van der Waals surface area contributed by atoms with Crippen LogP contribution < -0.4 is 10.6 Å². The second-order valence-electron chi connectivity index (χ2n) is 9.71. The highest BCUT2D eigenvalue weighted by Gasteiger charge is 2.21. The van der Waals surface area contributed by atoms with E-state index in [2.05, 4.69) is 101 Å². The maximum Gasteiger partial charge on any atom is 0.169 e. The van der Waals surface area contributed by atoms with Gasteiger partial charge < -0.3 is 15.6 Å². The van der Waals surface area contributed by atoms with Crippen molar-refractivity contribution in [3.8, 4) is 11.1 Å². The van der Waals surface area contributed by atoms with Crippen LogP contribution in [0.5, 0.6) is 0 Å². The zero-order valence-corrected chi connectivity index (χ0v) is 21.5. The first-order valence-electron chi connectivity index (χ1n) is 13.1. The van der Waals surface area contributed by atoms with Crippen LogP contribution in [0.2, 0.25) is 0 Å². The lowest BCUT2D eigenvalue weighted by Gasteiger charge is -2.23. The molecule has 1 aliphatic heterocycles. The van der Waals surface area contributed by atoms with Crippen molar-refractivity contribution in [3.63, 3.8) is 0 Å². The van der Waals surface area contributed by atoms with Gasteiger partial charge in [-0.2, -0.15) is 0 Å². The summed E-state index contributed by atoms with van der Waals surface area (Å²) in [5, 5.41) is 9.34. The molecule has 5 nitrogen and oxygen atoms in total. The minimum absolute atomic E-state index is 0.331. The number of aromatic amines is 1. The van der Waals surface area contributed by atoms with Gasteiger partial charge in [-0.3, -0.25) is 0 Å². The number of anilines is 1. The van der Waals surface area contributed by atoms with Crippen molar-refractivity contribution >= 4 is 39.2 Å². The van der Waals surface area contributed by atoms with E-state index < -0.39 is 0 Å². The average Bonchev–Trinajstić information content (AvgIpc) is 3.39.